The number of rotatable bonds is 4. The normalized spacial score (nSPS) is 12.0. The van der Waals surface area contributed by atoms with E-state index >= 15 is 0 Å². The minimum absolute atomic E-state index is 0.252. The predicted molar refractivity (Wildman–Crippen MR) is 70.1 cm³/mol. The van der Waals surface area contributed by atoms with E-state index in [2.05, 4.69) is 20.7 Å². The third-order valence-electron chi connectivity index (χ3n) is 2.27. The van der Waals surface area contributed by atoms with Crippen LogP contribution in [0.2, 0.25) is 0 Å². The Balaban J connectivity index is 3.29. The maximum atomic E-state index is 11.8. The number of hydrogen-bond donors (Lipinski definition) is 0. The monoisotopic (exact) mass is 318 g/mol. The summed E-state index contributed by atoms with van der Waals surface area (Å²) < 4.78 is 4.66. The summed E-state index contributed by atoms with van der Waals surface area (Å²) in [5, 5.41) is -0.0738. The van der Waals surface area contributed by atoms with Crippen molar-refractivity contribution in [3.05, 3.63) is 34.9 Å². The lowest BCUT2D eigenvalue weighted by Crippen LogP contribution is -2.16. The molecule has 0 aliphatic heterocycles. The maximum Gasteiger partial charge on any atom is 0.338 e. The number of ketones is 1. The van der Waals surface area contributed by atoms with Crippen molar-refractivity contribution in [3.8, 4) is 0 Å². The van der Waals surface area contributed by atoms with E-state index in [0.29, 0.717) is 10.9 Å². The summed E-state index contributed by atoms with van der Waals surface area (Å²) in [6, 6.07) is 5.00. The van der Waals surface area contributed by atoms with Crippen molar-refractivity contribution in [2.75, 3.05) is 7.11 Å². The molecule has 1 rings (SSSR count). The second-order valence-corrected chi connectivity index (χ2v) is 4.70. The fourth-order valence-electron chi connectivity index (χ4n) is 1.38. The highest BCUT2D eigenvalue weighted by atomic mass is 79.9. The number of hydrogen-bond acceptors (Lipinski definition) is 3. The number of methoxy groups -OCH3 is 1. The van der Waals surface area contributed by atoms with Gasteiger partial charge >= 0.3 is 5.97 Å². The van der Waals surface area contributed by atoms with Crippen LogP contribution in [0.5, 0.6) is 0 Å². The predicted octanol–water partition coefficient (Wildman–Crippen LogP) is 3.18. The number of carbonyl (C=O) groups excluding carboxylic acids is 2. The van der Waals surface area contributed by atoms with Crippen molar-refractivity contribution in [2.45, 2.75) is 17.6 Å². The maximum absolute atomic E-state index is 11.8. The van der Waals surface area contributed by atoms with Crippen LogP contribution in [0.1, 0.15) is 33.2 Å². The van der Waals surface area contributed by atoms with Gasteiger partial charge in [0.1, 0.15) is 0 Å². The SMILES string of the molecule is COC(=O)c1cc(CBr)ccc1C(=O)C(C)Cl. The molecule has 17 heavy (non-hydrogen) atoms. The molecule has 0 aliphatic carbocycles. The Bertz CT molecular complexity index is 443. The summed E-state index contributed by atoms with van der Waals surface area (Å²) >= 11 is 9.04. The first-order valence-corrected chi connectivity index (χ1v) is 6.52. The third kappa shape index (κ3) is 3.30. The molecule has 1 atom stereocenters. The third-order valence-corrected chi connectivity index (χ3v) is 3.12. The van der Waals surface area contributed by atoms with Gasteiger partial charge in [0.25, 0.3) is 0 Å². The molecule has 0 aliphatic rings. The Labute approximate surface area is 113 Å². The summed E-state index contributed by atoms with van der Waals surface area (Å²) in [6.07, 6.45) is 0. The molecule has 0 N–H and O–H groups in total. The standard InChI is InChI=1S/C12H12BrClO3/c1-7(14)11(15)9-4-3-8(6-13)5-10(9)12(16)17-2/h3-5,7H,6H2,1-2H3. The van der Waals surface area contributed by atoms with E-state index < -0.39 is 11.3 Å². The van der Waals surface area contributed by atoms with Crippen LogP contribution in [0, 0.1) is 0 Å². The second kappa shape index (κ2) is 6.17. The highest BCUT2D eigenvalue weighted by Crippen LogP contribution is 2.18. The summed E-state index contributed by atoms with van der Waals surface area (Å²) in [5.41, 5.74) is 1.44. The molecule has 92 valence electrons. The van der Waals surface area contributed by atoms with Crippen molar-refractivity contribution < 1.29 is 14.3 Å². The molecule has 3 nitrogen and oxygen atoms in total. The number of benzene rings is 1. The zero-order chi connectivity index (χ0) is 13.0. The first-order valence-electron chi connectivity index (χ1n) is 4.96. The molecule has 0 saturated heterocycles. The average Bonchev–Trinajstić information content (AvgIpc) is 2.35. The van der Waals surface area contributed by atoms with Crippen molar-refractivity contribution in [2.24, 2.45) is 0 Å². The zero-order valence-electron chi connectivity index (χ0n) is 9.50. The van der Waals surface area contributed by atoms with Gasteiger partial charge in [0, 0.05) is 10.9 Å². The quantitative estimate of drug-likeness (QED) is 0.486. The Morgan fingerprint density at radius 1 is 1.41 bits per heavy atom. The summed E-state index contributed by atoms with van der Waals surface area (Å²) in [6.45, 7) is 1.57. The van der Waals surface area contributed by atoms with Crippen molar-refractivity contribution >= 4 is 39.3 Å². The lowest BCUT2D eigenvalue weighted by molar-refractivity contribution is 0.0597. The molecular formula is C12H12BrClO3. The van der Waals surface area contributed by atoms with Gasteiger partial charge in [-0.05, 0) is 18.6 Å². The van der Waals surface area contributed by atoms with Crippen molar-refractivity contribution in [3.63, 3.8) is 0 Å². The molecule has 0 heterocycles. The van der Waals surface area contributed by atoms with Crippen LogP contribution in [0.4, 0.5) is 0 Å². The van der Waals surface area contributed by atoms with Crippen molar-refractivity contribution in [1.29, 1.82) is 0 Å². The van der Waals surface area contributed by atoms with E-state index in [0.717, 1.165) is 5.56 Å². The Morgan fingerprint density at radius 3 is 2.53 bits per heavy atom. The molecule has 1 unspecified atom stereocenters. The van der Waals surface area contributed by atoms with Crippen LogP contribution in [0.25, 0.3) is 0 Å². The van der Waals surface area contributed by atoms with E-state index in [-0.39, 0.29) is 11.3 Å². The molecule has 0 amide bonds. The van der Waals surface area contributed by atoms with Gasteiger partial charge in [-0.25, -0.2) is 4.79 Å². The lowest BCUT2D eigenvalue weighted by Gasteiger charge is -2.09. The highest BCUT2D eigenvalue weighted by molar-refractivity contribution is 9.08. The smallest absolute Gasteiger partial charge is 0.338 e. The molecular weight excluding hydrogens is 307 g/mol. The Hall–Kier alpha value is -0.870. The first kappa shape index (κ1) is 14.2. The minimum atomic E-state index is -0.673. The Kier molecular flexibility index (Phi) is 5.15. The largest absolute Gasteiger partial charge is 0.465 e. The molecule has 0 spiro atoms. The molecule has 1 aromatic carbocycles. The van der Waals surface area contributed by atoms with Crippen LogP contribution in [-0.4, -0.2) is 24.2 Å². The molecule has 0 radical (unpaired) electrons. The van der Waals surface area contributed by atoms with E-state index in [1.165, 1.54) is 7.11 Å². The number of Topliss-reactive ketones (excluding diaryl/α,β-unsaturated/α-hetero) is 1. The van der Waals surface area contributed by atoms with E-state index in [1.54, 1.807) is 25.1 Å². The van der Waals surface area contributed by atoms with Gasteiger partial charge in [-0.1, -0.05) is 28.1 Å². The van der Waals surface area contributed by atoms with Gasteiger partial charge in [-0.15, -0.1) is 11.6 Å². The molecule has 1 aromatic rings. The van der Waals surface area contributed by atoms with Crippen LogP contribution in [0.15, 0.2) is 18.2 Å². The number of alkyl halides is 2. The Morgan fingerprint density at radius 2 is 2.06 bits per heavy atom. The van der Waals surface area contributed by atoms with Gasteiger partial charge in [-0.3, -0.25) is 4.79 Å². The van der Waals surface area contributed by atoms with E-state index in [4.69, 9.17) is 11.6 Å². The van der Waals surface area contributed by atoms with E-state index in [9.17, 15) is 9.59 Å². The highest BCUT2D eigenvalue weighted by Gasteiger charge is 2.21. The lowest BCUT2D eigenvalue weighted by atomic mass is 9.99. The summed E-state index contributed by atoms with van der Waals surface area (Å²) in [5.74, 6) is -0.818. The van der Waals surface area contributed by atoms with Gasteiger partial charge < -0.3 is 4.74 Å². The second-order valence-electron chi connectivity index (χ2n) is 3.49. The molecule has 0 saturated carbocycles. The van der Waals surface area contributed by atoms with Gasteiger partial charge in [0.15, 0.2) is 5.78 Å². The van der Waals surface area contributed by atoms with Crippen LogP contribution in [-0.2, 0) is 10.1 Å². The van der Waals surface area contributed by atoms with Crippen LogP contribution in [0.3, 0.4) is 0 Å². The summed E-state index contributed by atoms with van der Waals surface area (Å²) in [7, 11) is 1.28. The fourth-order valence-corrected chi connectivity index (χ4v) is 1.85. The average molecular weight is 320 g/mol. The van der Waals surface area contributed by atoms with Gasteiger partial charge in [0.05, 0.1) is 18.1 Å². The molecule has 0 fully saturated rings. The number of halogens is 2. The van der Waals surface area contributed by atoms with Crippen LogP contribution < -0.4 is 0 Å². The molecule has 0 aromatic heterocycles. The number of ether oxygens (including phenoxy) is 1. The fraction of sp³-hybridized carbons (Fsp3) is 0.333. The topological polar surface area (TPSA) is 43.4 Å². The minimum Gasteiger partial charge on any atom is -0.465 e. The van der Waals surface area contributed by atoms with Crippen LogP contribution >= 0.6 is 27.5 Å². The molecule has 5 heteroatoms. The van der Waals surface area contributed by atoms with Gasteiger partial charge in [0.2, 0.25) is 0 Å². The number of esters is 1. The van der Waals surface area contributed by atoms with E-state index in [1.807, 2.05) is 0 Å². The van der Waals surface area contributed by atoms with Crippen molar-refractivity contribution in [1.82, 2.24) is 0 Å². The van der Waals surface area contributed by atoms with Gasteiger partial charge in [-0.2, -0.15) is 0 Å². The number of carbonyl (C=O) groups is 2. The summed E-state index contributed by atoms with van der Waals surface area (Å²) in [4.78, 5) is 23.4. The first-order chi connectivity index (χ1) is 8.01. The molecule has 0 bridgehead atoms. The zero-order valence-corrected chi connectivity index (χ0v) is 11.8.